The van der Waals surface area contributed by atoms with Crippen molar-refractivity contribution >= 4 is 0 Å². The summed E-state index contributed by atoms with van der Waals surface area (Å²) < 4.78 is 1.73. The third kappa shape index (κ3) is 1.91. The van der Waals surface area contributed by atoms with Gasteiger partial charge in [0.1, 0.15) is 0 Å². The molecule has 0 atom stereocenters. The third-order valence-electron chi connectivity index (χ3n) is 2.47. The van der Waals surface area contributed by atoms with Gasteiger partial charge in [0.15, 0.2) is 0 Å². The Morgan fingerprint density at radius 3 is 2.43 bits per heavy atom. The van der Waals surface area contributed by atoms with Gasteiger partial charge in [-0.3, -0.25) is 14.6 Å². The van der Waals surface area contributed by atoms with E-state index in [0.29, 0.717) is 0 Å². The quantitative estimate of drug-likeness (QED) is 0.788. The second-order valence-electron chi connectivity index (χ2n) is 3.94. The minimum Gasteiger partial charge on any atom is -0.299 e. The molecule has 0 saturated heterocycles. The summed E-state index contributed by atoms with van der Waals surface area (Å²) in [4.78, 5) is 11.9. The van der Waals surface area contributed by atoms with Gasteiger partial charge in [0.2, 0.25) is 0 Å². The summed E-state index contributed by atoms with van der Waals surface area (Å²) in [6, 6.07) is 0.221. The second-order valence-corrected chi connectivity index (χ2v) is 3.94. The molecule has 1 rings (SSSR count). The van der Waals surface area contributed by atoms with E-state index < -0.39 is 0 Å². The van der Waals surface area contributed by atoms with Crippen LogP contribution in [0.5, 0.6) is 0 Å². The summed E-state index contributed by atoms with van der Waals surface area (Å²) in [6.45, 7) is 8.22. The van der Waals surface area contributed by atoms with Crippen molar-refractivity contribution in [3.8, 4) is 0 Å². The molecule has 0 aliphatic rings. The van der Waals surface area contributed by atoms with E-state index in [1.54, 1.807) is 4.68 Å². The molecule has 0 fully saturated rings. The van der Waals surface area contributed by atoms with E-state index in [-0.39, 0.29) is 11.6 Å². The molecule has 0 radical (unpaired) electrons. The molecule has 14 heavy (non-hydrogen) atoms. The Hall–Kier alpha value is -0.990. The number of aryl methyl sites for hydroxylation is 1. The van der Waals surface area contributed by atoms with Crippen LogP contribution in [0.15, 0.2) is 4.79 Å². The molecular formula is C11H20N2O. The minimum absolute atomic E-state index is 0.165. The number of rotatable bonds is 4. The van der Waals surface area contributed by atoms with E-state index in [2.05, 4.69) is 18.9 Å². The number of hydrogen-bond donors (Lipinski definition) is 1. The van der Waals surface area contributed by atoms with E-state index in [1.807, 2.05) is 13.8 Å². The van der Waals surface area contributed by atoms with Gasteiger partial charge in [-0.25, -0.2) is 0 Å². The molecule has 1 aromatic heterocycles. The van der Waals surface area contributed by atoms with E-state index in [1.165, 1.54) is 0 Å². The number of aromatic nitrogens is 2. The van der Waals surface area contributed by atoms with Gasteiger partial charge < -0.3 is 0 Å². The van der Waals surface area contributed by atoms with Crippen LogP contribution in [0.1, 0.15) is 51.4 Å². The molecule has 0 unspecified atom stereocenters. The monoisotopic (exact) mass is 196 g/mol. The summed E-state index contributed by atoms with van der Waals surface area (Å²) in [6.07, 6.45) is 2.82. The van der Waals surface area contributed by atoms with Crippen molar-refractivity contribution in [3.05, 3.63) is 21.6 Å². The molecular weight excluding hydrogens is 176 g/mol. The van der Waals surface area contributed by atoms with Crippen LogP contribution in [0.3, 0.4) is 0 Å². The number of H-pyrrole nitrogens is 1. The van der Waals surface area contributed by atoms with Crippen LogP contribution >= 0.6 is 0 Å². The van der Waals surface area contributed by atoms with Crippen molar-refractivity contribution < 1.29 is 0 Å². The highest BCUT2D eigenvalue weighted by Crippen LogP contribution is 2.08. The van der Waals surface area contributed by atoms with Crippen LogP contribution in [0.4, 0.5) is 0 Å². The molecule has 3 heteroatoms. The van der Waals surface area contributed by atoms with Gasteiger partial charge in [0.25, 0.3) is 5.56 Å². The predicted octanol–water partition coefficient (Wildman–Crippen LogP) is 2.27. The van der Waals surface area contributed by atoms with Crippen LogP contribution in [-0.2, 0) is 12.8 Å². The molecule has 3 nitrogen and oxygen atoms in total. The first-order valence-corrected chi connectivity index (χ1v) is 5.44. The smallest absolute Gasteiger partial charge is 0.270 e. The molecule has 1 heterocycles. The highest BCUT2D eigenvalue weighted by atomic mass is 16.1. The summed E-state index contributed by atoms with van der Waals surface area (Å²) in [5.41, 5.74) is 2.24. The Labute approximate surface area is 85.1 Å². The topological polar surface area (TPSA) is 37.8 Å². The van der Waals surface area contributed by atoms with E-state index in [0.717, 1.165) is 30.5 Å². The average molecular weight is 196 g/mol. The standard InChI is InChI=1S/C11H20N2O/c1-5-7-9-10(6-2)12-13(8(3)4)11(9)14/h8,12H,5-7H2,1-4H3. The van der Waals surface area contributed by atoms with Crippen molar-refractivity contribution in [1.29, 1.82) is 0 Å². The first-order chi connectivity index (χ1) is 6.61. The zero-order chi connectivity index (χ0) is 10.7. The Kier molecular flexibility index (Phi) is 3.55. The molecule has 0 aliphatic carbocycles. The predicted molar refractivity (Wildman–Crippen MR) is 58.8 cm³/mol. The molecule has 1 aromatic rings. The lowest BCUT2D eigenvalue weighted by Gasteiger charge is -2.03. The van der Waals surface area contributed by atoms with E-state index >= 15 is 0 Å². The van der Waals surface area contributed by atoms with Crippen LogP contribution in [0, 0.1) is 0 Å². The molecule has 0 saturated carbocycles. The van der Waals surface area contributed by atoms with Gasteiger partial charge in [-0.2, -0.15) is 0 Å². The van der Waals surface area contributed by atoms with Crippen molar-refractivity contribution in [2.24, 2.45) is 0 Å². The Morgan fingerprint density at radius 1 is 1.36 bits per heavy atom. The maximum atomic E-state index is 11.9. The largest absolute Gasteiger partial charge is 0.299 e. The van der Waals surface area contributed by atoms with Crippen molar-refractivity contribution in [3.63, 3.8) is 0 Å². The highest BCUT2D eigenvalue weighted by Gasteiger charge is 2.13. The van der Waals surface area contributed by atoms with E-state index in [9.17, 15) is 4.79 Å². The van der Waals surface area contributed by atoms with Crippen LogP contribution in [-0.4, -0.2) is 9.78 Å². The highest BCUT2D eigenvalue weighted by molar-refractivity contribution is 5.17. The Balaban J connectivity index is 3.19. The Bertz CT molecular complexity index is 347. The average Bonchev–Trinajstić information content (AvgIpc) is 2.45. The van der Waals surface area contributed by atoms with Gasteiger partial charge in [-0.05, 0) is 26.7 Å². The minimum atomic E-state index is 0.165. The first kappa shape index (κ1) is 11.1. The summed E-state index contributed by atoms with van der Waals surface area (Å²) in [5, 5.41) is 3.19. The first-order valence-electron chi connectivity index (χ1n) is 5.44. The number of aromatic amines is 1. The number of hydrogen-bond acceptors (Lipinski definition) is 1. The number of nitrogens with zero attached hydrogens (tertiary/aromatic N) is 1. The zero-order valence-corrected chi connectivity index (χ0v) is 9.55. The molecule has 0 aliphatic heterocycles. The lowest BCUT2D eigenvalue weighted by molar-refractivity contribution is 0.511. The van der Waals surface area contributed by atoms with Crippen LogP contribution in [0.2, 0.25) is 0 Å². The lowest BCUT2D eigenvalue weighted by Crippen LogP contribution is -2.20. The van der Waals surface area contributed by atoms with Gasteiger partial charge >= 0.3 is 0 Å². The van der Waals surface area contributed by atoms with Crippen molar-refractivity contribution in [2.45, 2.75) is 53.0 Å². The maximum Gasteiger partial charge on any atom is 0.270 e. The van der Waals surface area contributed by atoms with Gasteiger partial charge in [-0.15, -0.1) is 0 Å². The van der Waals surface area contributed by atoms with Crippen LogP contribution < -0.4 is 5.56 Å². The molecule has 1 N–H and O–H groups in total. The maximum absolute atomic E-state index is 11.9. The fourth-order valence-electron chi connectivity index (χ4n) is 1.70. The Morgan fingerprint density at radius 2 is 2.00 bits per heavy atom. The summed E-state index contributed by atoms with van der Waals surface area (Å²) in [7, 11) is 0. The van der Waals surface area contributed by atoms with Crippen molar-refractivity contribution in [2.75, 3.05) is 0 Å². The summed E-state index contributed by atoms with van der Waals surface area (Å²) in [5.74, 6) is 0. The van der Waals surface area contributed by atoms with Gasteiger partial charge in [0, 0.05) is 17.3 Å². The molecule has 0 aromatic carbocycles. The second kappa shape index (κ2) is 4.49. The summed E-state index contributed by atoms with van der Waals surface area (Å²) >= 11 is 0. The SMILES string of the molecule is CCCc1c(CC)[nH]n(C(C)C)c1=O. The fourth-order valence-corrected chi connectivity index (χ4v) is 1.70. The van der Waals surface area contributed by atoms with Crippen molar-refractivity contribution in [1.82, 2.24) is 9.78 Å². The molecule has 0 spiro atoms. The number of nitrogens with one attached hydrogen (secondary N) is 1. The lowest BCUT2D eigenvalue weighted by atomic mass is 10.1. The van der Waals surface area contributed by atoms with Gasteiger partial charge in [0.05, 0.1) is 0 Å². The zero-order valence-electron chi connectivity index (χ0n) is 9.55. The van der Waals surface area contributed by atoms with Gasteiger partial charge in [-0.1, -0.05) is 20.3 Å². The van der Waals surface area contributed by atoms with E-state index in [4.69, 9.17) is 0 Å². The fraction of sp³-hybridized carbons (Fsp3) is 0.727. The molecule has 0 amide bonds. The third-order valence-corrected chi connectivity index (χ3v) is 2.47. The van der Waals surface area contributed by atoms with Crippen LogP contribution in [0.25, 0.3) is 0 Å². The normalized spacial score (nSPS) is 11.2. The molecule has 0 bridgehead atoms. The molecule has 80 valence electrons.